The van der Waals surface area contributed by atoms with E-state index in [1.54, 1.807) is 0 Å². The molecule has 0 spiro atoms. The molecule has 2 atom stereocenters. The summed E-state index contributed by atoms with van der Waals surface area (Å²) < 4.78 is 26.9. The molecule has 2 unspecified atom stereocenters. The normalized spacial score (nSPS) is 19.1. The highest BCUT2D eigenvalue weighted by molar-refractivity contribution is 5.20. The zero-order chi connectivity index (χ0) is 12.4. The van der Waals surface area contributed by atoms with Gasteiger partial charge in [-0.3, -0.25) is 0 Å². The zero-order valence-electron chi connectivity index (χ0n) is 10.3. The molecule has 0 aliphatic heterocycles. The Balaban J connectivity index is 1.94. The lowest BCUT2D eigenvalue weighted by atomic mass is 10.0. The van der Waals surface area contributed by atoms with Gasteiger partial charge in [0.1, 0.15) is 11.6 Å². The summed E-state index contributed by atoms with van der Waals surface area (Å²) in [6.07, 6.45) is 2.94. The standard InChI is InChI=1S/C14H19F2N/c1-9(17-10(2)11-6-7-11)8-12-13(15)4-3-5-14(12)16/h3-5,9-11,17H,6-8H2,1-2H3. The summed E-state index contributed by atoms with van der Waals surface area (Å²) in [5.41, 5.74) is 0.190. The van der Waals surface area contributed by atoms with E-state index in [0.29, 0.717) is 12.5 Å². The third kappa shape index (κ3) is 3.25. The molecule has 1 nitrogen and oxygen atoms in total. The van der Waals surface area contributed by atoms with Gasteiger partial charge >= 0.3 is 0 Å². The molecule has 1 aliphatic rings. The summed E-state index contributed by atoms with van der Waals surface area (Å²) >= 11 is 0. The van der Waals surface area contributed by atoms with Crippen LogP contribution in [0.25, 0.3) is 0 Å². The Kier molecular flexibility index (Phi) is 3.77. The second kappa shape index (κ2) is 5.13. The van der Waals surface area contributed by atoms with Gasteiger partial charge in [0.25, 0.3) is 0 Å². The first-order chi connectivity index (χ1) is 8.08. The third-order valence-corrected chi connectivity index (χ3v) is 3.45. The average Bonchev–Trinajstić information content (AvgIpc) is 3.07. The van der Waals surface area contributed by atoms with Gasteiger partial charge in [-0.1, -0.05) is 6.07 Å². The van der Waals surface area contributed by atoms with Crippen LogP contribution >= 0.6 is 0 Å². The van der Waals surface area contributed by atoms with Gasteiger partial charge in [-0.2, -0.15) is 0 Å². The van der Waals surface area contributed by atoms with E-state index >= 15 is 0 Å². The van der Waals surface area contributed by atoms with E-state index < -0.39 is 11.6 Å². The maximum atomic E-state index is 13.5. The predicted octanol–water partition coefficient (Wildman–Crippen LogP) is 3.28. The van der Waals surface area contributed by atoms with Gasteiger partial charge in [-0.15, -0.1) is 0 Å². The minimum absolute atomic E-state index is 0.0944. The molecule has 0 bridgehead atoms. The molecule has 1 saturated carbocycles. The second-order valence-electron chi connectivity index (χ2n) is 5.10. The number of benzene rings is 1. The van der Waals surface area contributed by atoms with Crippen LogP contribution in [0.1, 0.15) is 32.3 Å². The molecule has 0 aromatic heterocycles. The van der Waals surface area contributed by atoms with Crippen molar-refractivity contribution in [2.45, 2.75) is 45.2 Å². The van der Waals surface area contributed by atoms with E-state index in [2.05, 4.69) is 12.2 Å². The fourth-order valence-corrected chi connectivity index (χ4v) is 2.27. The van der Waals surface area contributed by atoms with Crippen molar-refractivity contribution in [3.05, 3.63) is 35.4 Å². The Morgan fingerprint density at radius 1 is 1.24 bits per heavy atom. The zero-order valence-corrected chi connectivity index (χ0v) is 10.3. The molecule has 1 aliphatic carbocycles. The van der Waals surface area contributed by atoms with Gasteiger partial charge in [0.15, 0.2) is 0 Å². The third-order valence-electron chi connectivity index (χ3n) is 3.45. The van der Waals surface area contributed by atoms with E-state index in [0.717, 1.165) is 5.92 Å². The highest BCUT2D eigenvalue weighted by atomic mass is 19.1. The molecule has 0 radical (unpaired) electrons. The summed E-state index contributed by atoms with van der Waals surface area (Å²) in [5, 5.41) is 3.41. The van der Waals surface area contributed by atoms with E-state index in [1.165, 1.54) is 31.0 Å². The largest absolute Gasteiger partial charge is 0.311 e. The van der Waals surface area contributed by atoms with Crippen molar-refractivity contribution in [3.8, 4) is 0 Å². The summed E-state index contributed by atoms with van der Waals surface area (Å²) in [7, 11) is 0. The van der Waals surface area contributed by atoms with E-state index in [4.69, 9.17) is 0 Å². The molecule has 1 aromatic carbocycles. The Hall–Kier alpha value is -0.960. The number of hydrogen-bond acceptors (Lipinski definition) is 1. The van der Waals surface area contributed by atoms with Gasteiger partial charge < -0.3 is 5.32 Å². The number of rotatable bonds is 5. The smallest absolute Gasteiger partial charge is 0.129 e. The first kappa shape index (κ1) is 12.5. The van der Waals surface area contributed by atoms with Gasteiger partial charge in [0, 0.05) is 17.6 Å². The summed E-state index contributed by atoms with van der Waals surface area (Å²) in [4.78, 5) is 0. The highest BCUT2D eigenvalue weighted by Gasteiger charge is 2.28. The molecule has 17 heavy (non-hydrogen) atoms. The molecule has 2 rings (SSSR count). The molecule has 0 saturated heterocycles. The van der Waals surface area contributed by atoms with Crippen LogP contribution in [0.2, 0.25) is 0 Å². The maximum absolute atomic E-state index is 13.5. The lowest BCUT2D eigenvalue weighted by Gasteiger charge is -2.20. The predicted molar refractivity (Wildman–Crippen MR) is 64.8 cm³/mol. The van der Waals surface area contributed by atoms with Gasteiger partial charge in [0.2, 0.25) is 0 Å². The van der Waals surface area contributed by atoms with Crippen LogP contribution in [0.3, 0.4) is 0 Å². The van der Waals surface area contributed by atoms with Crippen molar-refractivity contribution in [2.75, 3.05) is 0 Å². The van der Waals surface area contributed by atoms with Gasteiger partial charge in [-0.05, 0) is 51.2 Å². The molecular weight excluding hydrogens is 220 g/mol. The average molecular weight is 239 g/mol. The molecule has 1 aromatic rings. The molecule has 3 heteroatoms. The SMILES string of the molecule is CC(Cc1c(F)cccc1F)NC(C)C1CC1. The van der Waals surface area contributed by atoms with Crippen LogP contribution in [0.15, 0.2) is 18.2 Å². The highest BCUT2D eigenvalue weighted by Crippen LogP contribution is 2.32. The summed E-state index contributed by atoms with van der Waals surface area (Å²) in [5.74, 6) is -0.140. The van der Waals surface area contributed by atoms with Crippen molar-refractivity contribution in [3.63, 3.8) is 0 Å². The first-order valence-electron chi connectivity index (χ1n) is 6.27. The fraction of sp³-hybridized carbons (Fsp3) is 0.571. The molecule has 94 valence electrons. The minimum atomic E-state index is -0.447. The lowest BCUT2D eigenvalue weighted by molar-refractivity contribution is 0.420. The molecule has 1 fully saturated rings. The summed E-state index contributed by atoms with van der Waals surface area (Å²) in [6, 6.07) is 4.57. The van der Waals surface area contributed by atoms with Crippen molar-refractivity contribution >= 4 is 0 Å². The Labute approximate surface area is 101 Å². The number of hydrogen-bond donors (Lipinski definition) is 1. The summed E-state index contributed by atoms with van der Waals surface area (Å²) in [6.45, 7) is 4.12. The Bertz CT molecular complexity index is 368. The molecule has 0 heterocycles. The van der Waals surface area contributed by atoms with E-state index in [-0.39, 0.29) is 11.6 Å². The molecule has 1 N–H and O–H groups in total. The monoisotopic (exact) mass is 239 g/mol. The van der Waals surface area contributed by atoms with Crippen LogP contribution in [0.4, 0.5) is 8.78 Å². The van der Waals surface area contributed by atoms with E-state index in [1.807, 2.05) is 6.92 Å². The number of nitrogens with one attached hydrogen (secondary N) is 1. The Morgan fingerprint density at radius 2 is 1.82 bits per heavy atom. The first-order valence-corrected chi connectivity index (χ1v) is 6.27. The quantitative estimate of drug-likeness (QED) is 0.831. The maximum Gasteiger partial charge on any atom is 0.129 e. The fourth-order valence-electron chi connectivity index (χ4n) is 2.27. The van der Waals surface area contributed by atoms with Gasteiger partial charge in [-0.25, -0.2) is 8.78 Å². The van der Waals surface area contributed by atoms with Crippen molar-refractivity contribution in [1.29, 1.82) is 0 Å². The Morgan fingerprint density at radius 3 is 2.35 bits per heavy atom. The van der Waals surface area contributed by atoms with Crippen molar-refractivity contribution in [1.82, 2.24) is 5.32 Å². The van der Waals surface area contributed by atoms with Crippen LogP contribution < -0.4 is 5.32 Å². The number of halogens is 2. The van der Waals surface area contributed by atoms with Crippen molar-refractivity contribution in [2.24, 2.45) is 5.92 Å². The molecule has 0 amide bonds. The topological polar surface area (TPSA) is 12.0 Å². The van der Waals surface area contributed by atoms with E-state index in [9.17, 15) is 8.78 Å². The van der Waals surface area contributed by atoms with Crippen LogP contribution in [0, 0.1) is 17.6 Å². The minimum Gasteiger partial charge on any atom is -0.311 e. The molecular formula is C14H19F2N. The van der Waals surface area contributed by atoms with Crippen molar-refractivity contribution < 1.29 is 8.78 Å². The van der Waals surface area contributed by atoms with Crippen LogP contribution in [0.5, 0.6) is 0 Å². The lowest BCUT2D eigenvalue weighted by Crippen LogP contribution is -2.37. The van der Waals surface area contributed by atoms with Crippen LogP contribution in [-0.4, -0.2) is 12.1 Å². The second-order valence-corrected chi connectivity index (χ2v) is 5.10. The van der Waals surface area contributed by atoms with Crippen LogP contribution in [-0.2, 0) is 6.42 Å². The van der Waals surface area contributed by atoms with Gasteiger partial charge in [0.05, 0.1) is 0 Å².